The van der Waals surface area contributed by atoms with Crippen LogP contribution in [0.15, 0.2) is 16.6 Å². The van der Waals surface area contributed by atoms with Gasteiger partial charge < -0.3 is 20.3 Å². The molecular weight excluding hydrogens is 417 g/mol. The zero-order chi connectivity index (χ0) is 18.8. The molecule has 3 amide bonds. The number of benzene rings is 1. The molecule has 0 bridgehead atoms. The SMILES string of the molecule is CC(C)(C)OC(=O)NC1CCN(C(=O)Nc2ccc(Br)c(Cl)c2F)C1. The number of ether oxygens (including phenoxy) is 1. The van der Waals surface area contributed by atoms with Crippen molar-refractivity contribution < 1.29 is 18.7 Å². The minimum absolute atomic E-state index is 0.00162. The maximum absolute atomic E-state index is 14.0. The first kappa shape index (κ1) is 19.8. The number of alkyl carbamates (subject to hydrolysis) is 1. The van der Waals surface area contributed by atoms with E-state index in [0.29, 0.717) is 24.0 Å². The lowest BCUT2D eigenvalue weighted by atomic mass is 10.2. The van der Waals surface area contributed by atoms with Gasteiger partial charge in [-0.15, -0.1) is 0 Å². The summed E-state index contributed by atoms with van der Waals surface area (Å²) in [7, 11) is 0. The number of anilines is 1. The van der Waals surface area contributed by atoms with E-state index in [2.05, 4.69) is 26.6 Å². The van der Waals surface area contributed by atoms with Gasteiger partial charge in [0.15, 0.2) is 5.82 Å². The van der Waals surface area contributed by atoms with Crippen LogP contribution in [0.3, 0.4) is 0 Å². The second-order valence-corrected chi connectivity index (χ2v) is 7.96. The molecule has 1 saturated heterocycles. The summed E-state index contributed by atoms with van der Waals surface area (Å²) in [6.07, 6.45) is 0.0708. The van der Waals surface area contributed by atoms with Gasteiger partial charge in [0.1, 0.15) is 5.60 Å². The van der Waals surface area contributed by atoms with Crippen molar-refractivity contribution in [3.8, 4) is 0 Å². The average Bonchev–Trinajstić information content (AvgIpc) is 2.94. The highest BCUT2D eigenvalue weighted by Gasteiger charge is 2.29. The minimum atomic E-state index is -0.702. The Labute approximate surface area is 159 Å². The Bertz CT molecular complexity index is 681. The standard InChI is InChI=1S/C16H20BrClFN3O3/c1-16(2,3)25-15(24)20-9-6-7-22(8-9)14(23)21-11-5-4-10(17)12(18)13(11)19/h4-5,9H,6-8H2,1-3H3,(H,20,24)(H,21,23). The maximum atomic E-state index is 14.0. The van der Waals surface area contributed by atoms with E-state index in [4.69, 9.17) is 16.3 Å². The third-order valence-corrected chi connectivity index (χ3v) is 4.73. The number of amides is 3. The first-order valence-corrected chi connectivity index (χ1v) is 8.93. The van der Waals surface area contributed by atoms with Crippen LogP contribution in [0, 0.1) is 5.82 Å². The predicted octanol–water partition coefficient (Wildman–Crippen LogP) is 4.37. The van der Waals surface area contributed by atoms with E-state index in [0.717, 1.165) is 0 Å². The molecule has 1 heterocycles. The minimum Gasteiger partial charge on any atom is -0.444 e. The molecule has 0 radical (unpaired) electrons. The fourth-order valence-corrected chi connectivity index (χ4v) is 2.82. The van der Waals surface area contributed by atoms with Crippen LogP contribution in [0.25, 0.3) is 0 Å². The Morgan fingerprint density at radius 3 is 2.72 bits per heavy atom. The molecule has 0 spiro atoms. The van der Waals surface area contributed by atoms with Crippen LogP contribution in [-0.4, -0.2) is 41.8 Å². The second kappa shape index (κ2) is 7.78. The lowest BCUT2D eigenvalue weighted by Gasteiger charge is -2.22. The average molecular weight is 437 g/mol. The number of rotatable bonds is 2. The number of hydrogen-bond donors (Lipinski definition) is 2. The molecule has 2 N–H and O–H groups in total. The van der Waals surface area contributed by atoms with Crippen molar-refractivity contribution in [3.05, 3.63) is 27.4 Å². The Balaban J connectivity index is 1.90. The van der Waals surface area contributed by atoms with Crippen LogP contribution in [0.2, 0.25) is 5.02 Å². The number of carbonyl (C=O) groups excluding carboxylic acids is 2. The van der Waals surface area contributed by atoms with Crippen molar-refractivity contribution in [3.63, 3.8) is 0 Å². The van der Waals surface area contributed by atoms with Gasteiger partial charge in [0.2, 0.25) is 0 Å². The molecule has 1 unspecified atom stereocenters. The Morgan fingerprint density at radius 1 is 1.40 bits per heavy atom. The van der Waals surface area contributed by atoms with E-state index in [1.165, 1.54) is 11.0 Å². The van der Waals surface area contributed by atoms with E-state index < -0.39 is 23.5 Å². The molecule has 138 valence electrons. The summed E-state index contributed by atoms with van der Waals surface area (Å²) < 4.78 is 19.7. The predicted molar refractivity (Wildman–Crippen MR) is 97.5 cm³/mol. The summed E-state index contributed by atoms with van der Waals surface area (Å²) in [5.41, 5.74) is -0.584. The van der Waals surface area contributed by atoms with Gasteiger partial charge in [-0.05, 0) is 55.3 Å². The normalized spacial score (nSPS) is 17.4. The van der Waals surface area contributed by atoms with Gasteiger partial charge in [-0.25, -0.2) is 14.0 Å². The molecule has 1 aliphatic rings. The van der Waals surface area contributed by atoms with E-state index in [-0.39, 0.29) is 16.8 Å². The van der Waals surface area contributed by atoms with E-state index in [9.17, 15) is 14.0 Å². The number of urea groups is 1. The summed E-state index contributed by atoms with van der Waals surface area (Å²) in [6, 6.07) is 2.32. The lowest BCUT2D eigenvalue weighted by Crippen LogP contribution is -2.42. The van der Waals surface area contributed by atoms with Crippen molar-refractivity contribution in [1.82, 2.24) is 10.2 Å². The highest BCUT2D eigenvalue weighted by Crippen LogP contribution is 2.30. The summed E-state index contributed by atoms with van der Waals surface area (Å²) in [5, 5.41) is 5.13. The highest BCUT2D eigenvalue weighted by molar-refractivity contribution is 9.10. The number of likely N-dealkylation sites (tertiary alicyclic amines) is 1. The molecule has 25 heavy (non-hydrogen) atoms. The van der Waals surface area contributed by atoms with Gasteiger partial charge >= 0.3 is 12.1 Å². The fraction of sp³-hybridized carbons (Fsp3) is 0.500. The van der Waals surface area contributed by atoms with Crippen molar-refractivity contribution in [2.75, 3.05) is 18.4 Å². The summed E-state index contributed by atoms with van der Waals surface area (Å²) in [6.45, 7) is 6.09. The molecule has 2 rings (SSSR count). The molecule has 0 aliphatic carbocycles. The smallest absolute Gasteiger partial charge is 0.407 e. The molecule has 1 atom stereocenters. The monoisotopic (exact) mass is 435 g/mol. The third kappa shape index (κ3) is 5.47. The highest BCUT2D eigenvalue weighted by atomic mass is 79.9. The van der Waals surface area contributed by atoms with Gasteiger partial charge in [0.05, 0.1) is 16.8 Å². The molecular formula is C16H20BrClFN3O3. The Kier molecular flexibility index (Phi) is 6.16. The maximum Gasteiger partial charge on any atom is 0.407 e. The zero-order valence-electron chi connectivity index (χ0n) is 14.2. The molecule has 0 saturated carbocycles. The number of nitrogens with zero attached hydrogens (tertiary/aromatic N) is 1. The summed E-state index contributed by atoms with van der Waals surface area (Å²) in [4.78, 5) is 25.5. The quantitative estimate of drug-likeness (QED) is 0.676. The Morgan fingerprint density at radius 2 is 2.08 bits per heavy atom. The van der Waals surface area contributed by atoms with E-state index in [1.807, 2.05) is 0 Å². The first-order chi connectivity index (χ1) is 11.6. The number of nitrogens with one attached hydrogen (secondary N) is 2. The second-order valence-electron chi connectivity index (χ2n) is 6.73. The zero-order valence-corrected chi connectivity index (χ0v) is 16.5. The van der Waals surface area contributed by atoms with Gasteiger partial charge in [-0.3, -0.25) is 0 Å². The van der Waals surface area contributed by atoms with Gasteiger partial charge in [0.25, 0.3) is 0 Å². The van der Waals surface area contributed by atoms with Crippen molar-refractivity contribution in [2.24, 2.45) is 0 Å². The van der Waals surface area contributed by atoms with Crippen LogP contribution in [-0.2, 0) is 4.74 Å². The van der Waals surface area contributed by atoms with E-state index >= 15 is 0 Å². The van der Waals surface area contributed by atoms with Crippen molar-refractivity contribution in [1.29, 1.82) is 0 Å². The number of hydrogen-bond acceptors (Lipinski definition) is 3. The van der Waals surface area contributed by atoms with E-state index in [1.54, 1.807) is 26.8 Å². The first-order valence-electron chi connectivity index (χ1n) is 7.76. The van der Waals surface area contributed by atoms with Crippen LogP contribution >= 0.6 is 27.5 Å². The van der Waals surface area contributed by atoms with Crippen LogP contribution in [0.5, 0.6) is 0 Å². The third-order valence-electron chi connectivity index (χ3n) is 3.47. The molecule has 1 aliphatic heterocycles. The number of carbonyl (C=O) groups is 2. The Hall–Kier alpha value is -1.54. The topological polar surface area (TPSA) is 70.7 Å². The molecule has 1 aromatic rings. The molecule has 6 nitrogen and oxygen atoms in total. The van der Waals surface area contributed by atoms with Crippen LogP contribution in [0.1, 0.15) is 27.2 Å². The summed E-state index contributed by atoms with van der Waals surface area (Å²) in [5.74, 6) is -0.702. The lowest BCUT2D eigenvalue weighted by molar-refractivity contribution is 0.0506. The molecule has 0 aromatic heterocycles. The van der Waals surface area contributed by atoms with Gasteiger partial charge in [-0.2, -0.15) is 0 Å². The van der Waals surface area contributed by atoms with Gasteiger partial charge in [-0.1, -0.05) is 11.6 Å². The summed E-state index contributed by atoms with van der Waals surface area (Å²) >= 11 is 8.93. The number of halogens is 3. The largest absolute Gasteiger partial charge is 0.444 e. The molecule has 9 heteroatoms. The van der Waals surface area contributed by atoms with Crippen molar-refractivity contribution >= 4 is 45.3 Å². The van der Waals surface area contributed by atoms with Crippen LogP contribution < -0.4 is 10.6 Å². The molecule has 1 aromatic carbocycles. The van der Waals surface area contributed by atoms with Crippen LogP contribution in [0.4, 0.5) is 19.7 Å². The molecule has 1 fully saturated rings. The van der Waals surface area contributed by atoms with Gasteiger partial charge in [0, 0.05) is 17.6 Å². The van der Waals surface area contributed by atoms with Crippen molar-refractivity contribution in [2.45, 2.75) is 38.8 Å². The fourth-order valence-electron chi connectivity index (χ4n) is 2.35.